The molecule has 0 radical (unpaired) electrons. The van der Waals surface area contributed by atoms with Crippen molar-refractivity contribution in [2.45, 2.75) is 25.7 Å². The fourth-order valence-electron chi connectivity index (χ4n) is 3.97. The predicted molar refractivity (Wildman–Crippen MR) is 105 cm³/mol. The molecule has 2 amide bonds. The standard InChI is InChI=1S/C19H26ClN3O2.ClH/c20-17-7-2-1-4-14(17)12-18(24)22-8-10-23(11-9-22)19(25)16-6-3-5-15(16)13-21;/h1-2,4,7,15-16H,3,5-6,8-13,21H2;1H/t15-,16-;/m1./s1. The van der Waals surface area contributed by atoms with Crippen LogP contribution in [-0.4, -0.2) is 54.3 Å². The average molecular weight is 400 g/mol. The number of hydrogen-bond donors (Lipinski definition) is 1. The number of hydrogen-bond acceptors (Lipinski definition) is 3. The van der Waals surface area contributed by atoms with Crippen LogP contribution in [0.4, 0.5) is 0 Å². The molecule has 2 N–H and O–H groups in total. The van der Waals surface area contributed by atoms with E-state index < -0.39 is 0 Å². The molecule has 1 aromatic carbocycles. The lowest BCUT2D eigenvalue weighted by atomic mass is 9.94. The average Bonchev–Trinajstić information content (AvgIpc) is 3.12. The molecular formula is C19H27Cl2N3O2. The minimum absolute atomic E-state index is 0. The van der Waals surface area contributed by atoms with Gasteiger partial charge in [0, 0.05) is 37.1 Å². The zero-order chi connectivity index (χ0) is 17.8. The molecule has 2 atom stereocenters. The molecule has 1 heterocycles. The molecule has 1 aromatic rings. The third-order valence-corrected chi connectivity index (χ3v) is 5.89. The Kier molecular flexibility index (Phi) is 7.74. The van der Waals surface area contributed by atoms with Crippen LogP contribution < -0.4 is 5.73 Å². The van der Waals surface area contributed by atoms with Gasteiger partial charge in [-0.25, -0.2) is 0 Å². The molecule has 144 valence electrons. The first-order valence-electron chi connectivity index (χ1n) is 9.10. The summed E-state index contributed by atoms with van der Waals surface area (Å²) in [4.78, 5) is 29.0. The normalized spacial score (nSPS) is 22.8. The second-order valence-electron chi connectivity index (χ2n) is 7.01. The number of nitrogens with two attached hydrogens (primary N) is 1. The van der Waals surface area contributed by atoms with Gasteiger partial charge in [-0.15, -0.1) is 12.4 Å². The number of rotatable bonds is 4. The van der Waals surface area contributed by atoms with E-state index in [-0.39, 0.29) is 30.1 Å². The molecule has 0 spiro atoms. The summed E-state index contributed by atoms with van der Waals surface area (Å²) >= 11 is 6.14. The zero-order valence-electron chi connectivity index (χ0n) is 14.9. The molecule has 0 aromatic heterocycles. The number of amides is 2. The lowest BCUT2D eigenvalue weighted by Gasteiger charge is -2.37. The smallest absolute Gasteiger partial charge is 0.227 e. The van der Waals surface area contributed by atoms with Crippen molar-refractivity contribution in [3.63, 3.8) is 0 Å². The van der Waals surface area contributed by atoms with Crippen molar-refractivity contribution in [3.05, 3.63) is 34.9 Å². The maximum atomic E-state index is 12.7. The number of piperazine rings is 1. The molecule has 1 aliphatic carbocycles. The molecule has 1 saturated heterocycles. The molecule has 2 aliphatic rings. The second-order valence-corrected chi connectivity index (χ2v) is 7.41. The molecule has 0 unspecified atom stereocenters. The van der Waals surface area contributed by atoms with Gasteiger partial charge < -0.3 is 15.5 Å². The SMILES string of the molecule is Cl.NC[C@H]1CCC[C@H]1C(=O)N1CCN(C(=O)Cc2ccccc2Cl)CC1. The highest BCUT2D eigenvalue weighted by atomic mass is 35.5. The van der Waals surface area contributed by atoms with Gasteiger partial charge in [0.05, 0.1) is 6.42 Å². The van der Waals surface area contributed by atoms with Crippen molar-refractivity contribution in [2.24, 2.45) is 17.6 Å². The Labute approximate surface area is 166 Å². The number of carbonyl (C=O) groups excluding carboxylic acids is 2. The van der Waals surface area contributed by atoms with E-state index in [4.69, 9.17) is 17.3 Å². The topological polar surface area (TPSA) is 66.6 Å². The third-order valence-electron chi connectivity index (χ3n) is 5.52. The molecule has 26 heavy (non-hydrogen) atoms. The molecule has 5 nitrogen and oxygen atoms in total. The largest absolute Gasteiger partial charge is 0.339 e. The molecule has 1 aliphatic heterocycles. The van der Waals surface area contributed by atoms with Gasteiger partial charge in [0.1, 0.15) is 0 Å². The summed E-state index contributed by atoms with van der Waals surface area (Å²) in [7, 11) is 0. The van der Waals surface area contributed by atoms with Crippen LogP contribution >= 0.6 is 24.0 Å². The van der Waals surface area contributed by atoms with Crippen LogP contribution in [0.2, 0.25) is 5.02 Å². The first-order valence-corrected chi connectivity index (χ1v) is 9.48. The van der Waals surface area contributed by atoms with E-state index in [2.05, 4.69) is 0 Å². The Bertz CT molecular complexity index is 633. The molecule has 7 heteroatoms. The van der Waals surface area contributed by atoms with Gasteiger partial charge in [-0.05, 0) is 36.9 Å². The van der Waals surface area contributed by atoms with E-state index in [0.29, 0.717) is 50.1 Å². The van der Waals surface area contributed by atoms with E-state index in [1.165, 1.54) is 0 Å². The number of carbonyl (C=O) groups is 2. The lowest BCUT2D eigenvalue weighted by molar-refractivity contribution is -0.142. The number of benzene rings is 1. The summed E-state index contributed by atoms with van der Waals surface area (Å²) in [5.41, 5.74) is 6.66. The first kappa shape index (κ1) is 21.0. The molecule has 3 rings (SSSR count). The molecule has 2 fully saturated rings. The van der Waals surface area contributed by atoms with Gasteiger partial charge in [-0.3, -0.25) is 9.59 Å². The third kappa shape index (κ3) is 4.70. The van der Waals surface area contributed by atoms with Crippen LogP contribution in [0, 0.1) is 11.8 Å². The first-order chi connectivity index (χ1) is 12.1. The van der Waals surface area contributed by atoms with Crippen molar-refractivity contribution >= 4 is 35.8 Å². The van der Waals surface area contributed by atoms with E-state index in [1.54, 1.807) is 6.07 Å². The van der Waals surface area contributed by atoms with Crippen molar-refractivity contribution < 1.29 is 9.59 Å². The Balaban J connectivity index is 0.00000243. The number of halogens is 2. The maximum absolute atomic E-state index is 12.7. The highest BCUT2D eigenvalue weighted by molar-refractivity contribution is 6.31. The van der Waals surface area contributed by atoms with Crippen molar-refractivity contribution in [1.82, 2.24) is 9.80 Å². The summed E-state index contributed by atoms with van der Waals surface area (Å²) < 4.78 is 0. The summed E-state index contributed by atoms with van der Waals surface area (Å²) in [5, 5.41) is 0.624. The Morgan fingerprint density at radius 3 is 2.38 bits per heavy atom. The van der Waals surface area contributed by atoms with E-state index in [1.807, 2.05) is 28.0 Å². The highest BCUT2D eigenvalue weighted by Crippen LogP contribution is 2.32. The zero-order valence-corrected chi connectivity index (χ0v) is 16.5. The molecule has 1 saturated carbocycles. The van der Waals surface area contributed by atoms with Crippen LogP contribution in [0.1, 0.15) is 24.8 Å². The Morgan fingerprint density at radius 1 is 1.08 bits per heavy atom. The van der Waals surface area contributed by atoms with Crippen LogP contribution in [0.25, 0.3) is 0 Å². The molecule has 0 bridgehead atoms. The monoisotopic (exact) mass is 399 g/mol. The van der Waals surface area contributed by atoms with Crippen molar-refractivity contribution in [3.8, 4) is 0 Å². The minimum atomic E-state index is 0. The fourth-order valence-corrected chi connectivity index (χ4v) is 4.17. The van der Waals surface area contributed by atoms with E-state index in [0.717, 1.165) is 24.8 Å². The van der Waals surface area contributed by atoms with Gasteiger partial charge in [-0.2, -0.15) is 0 Å². The van der Waals surface area contributed by atoms with Crippen LogP contribution in [0.5, 0.6) is 0 Å². The van der Waals surface area contributed by atoms with Gasteiger partial charge >= 0.3 is 0 Å². The van der Waals surface area contributed by atoms with Crippen LogP contribution in [0.15, 0.2) is 24.3 Å². The van der Waals surface area contributed by atoms with Crippen molar-refractivity contribution in [2.75, 3.05) is 32.7 Å². The lowest BCUT2D eigenvalue weighted by Crippen LogP contribution is -2.52. The maximum Gasteiger partial charge on any atom is 0.227 e. The van der Waals surface area contributed by atoms with Gasteiger partial charge in [-0.1, -0.05) is 36.2 Å². The van der Waals surface area contributed by atoms with Gasteiger partial charge in [0.25, 0.3) is 0 Å². The van der Waals surface area contributed by atoms with Crippen LogP contribution in [-0.2, 0) is 16.0 Å². The van der Waals surface area contributed by atoms with Gasteiger partial charge in [0.2, 0.25) is 11.8 Å². The fraction of sp³-hybridized carbons (Fsp3) is 0.579. The number of nitrogens with zero attached hydrogens (tertiary/aromatic N) is 2. The predicted octanol–water partition coefficient (Wildman–Crippen LogP) is 2.35. The summed E-state index contributed by atoms with van der Waals surface area (Å²) in [6.07, 6.45) is 3.41. The summed E-state index contributed by atoms with van der Waals surface area (Å²) in [5.74, 6) is 0.704. The van der Waals surface area contributed by atoms with Gasteiger partial charge in [0.15, 0.2) is 0 Å². The van der Waals surface area contributed by atoms with Crippen LogP contribution in [0.3, 0.4) is 0 Å². The molecular weight excluding hydrogens is 373 g/mol. The Morgan fingerprint density at radius 2 is 1.73 bits per heavy atom. The van der Waals surface area contributed by atoms with E-state index in [9.17, 15) is 9.59 Å². The minimum Gasteiger partial charge on any atom is -0.339 e. The van der Waals surface area contributed by atoms with Crippen molar-refractivity contribution in [1.29, 1.82) is 0 Å². The second kappa shape index (κ2) is 9.58. The summed E-state index contributed by atoms with van der Waals surface area (Å²) in [6.45, 7) is 3.00. The highest BCUT2D eigenvalue weighted by Gasteiger charge is 2.36. The van der Waals surface area contributed by atoms with E-state index >= 15 is 0 Å². The quantitative estimate of drug-likeness (QED) is 0.844. The Hall–Kier alpha value is -1.30. The summed E-state index contributed by atoms with van der Waals surface area (Å²) in [6, 6.07) is 7.43.